The highest BCUT2D eigenvalue weighted by atomic mass is 16.5. The maximum absolute atomic E-state index is 11.6. The molecule has 0 radical (unpaired) electrons. The van der Waals surface area contributed by atoms with E-state index in [1.165, 1.54) is 5.56 Å². The summed E-state index contributed by atoms with van der Waals surface area (Å²) in [5.74, 6) is 2.81. The van der Waals surface area contributed by atoms with Gasteiger partial charge in [0.1, 0.15) is 5.75 Å². The number of hydrogen-bond acceptors (Lipinski definition) is 3. The summed E-state index contributed by atoms with van der Waals surface area (Å²) >= 11 is 0. The van der Waals surface area contributed by atoms with E-state index >= 15 is 0 Å². The number of ether oxygens (including phenoxy) is 1. The van der Waals surface area contributed by atoms with Crippen LogP contribution in [0.4, 0.5) is 0 Å². The van der Waals surface area contributed by atoms with Crippen LogP contribution in [-0.2, 0) is 11.3 Å². The van der Waals surface area contributed by atoms with Crippen molar-refractivity contribution in [2.24, 2.45) is 0 Å². The van der Waals surface area contributed by atoms with Crippen molar-refractivity contribution in [1.29, 1.82) is 0 Å². The van der Waals surface area contributed by atoms with Gasteiger partial charge in [-0.2, -0.15) is 0 Å². The molecule has 1 aromatic rings. The fourth-order valence-corrected chi connectivity index (χ4v) is 1.49. The molecule has 4 heteroatoms. The lowest BCUT2D eigenvalue weighted by Gasteiger charge is -2.14. The molecule has 0 fully saturated rings. The van der Waals surface area contributed by atoms with Crippen molar-refractivity contribution in [3.8, 4) is 18.1 Å². The van der Waals surface area contributed by atoms with Crippen LogP contribution in [0, 0.1) is 12.3 Å². The Morgan fingerprint density at radius 3 is 2.68 bits per heavy atom. The summed E-state index contributed by atoms with van der Waals surface area (Å²) in [5, 5.41) is 5.82. The van der Waals surface area contributed by atoms with E-state index in [0.717, 1.165) is 13.1 Å². The standard InChI is InChI=1S/C15H20N2O2/c1-4-10-17-15(18)12(3)19-14-8-6-13(7-9-14)11-16-5-2/h1,6-9,12,16H,5,10-11H2,2-3H3,(H,17,18). The summed E-state index contributed by atoms with van der Waals surface area (Å²) in [6.45, 7) is 5.74. The number of hydrogen-bond donors (Lipinski definition) is 2. The lowest BCUT2D eigenvalue weighted by Crippen LogP contribution is -2.36. The van der Waals surface area contributed by atoms with Crippen LogP contribution >= 0.6 is 0 Å². The smallest absolute Gasteiger partial charge is 0.261 e. The molecule has 1 aromatic carbocycles. The summed E-state index contributed by atoms with van der Waals surface area (Å²) < 4.78 is 5.53. The van der Waals surface area contributed by atoms with Gasteiger partial charge in [0.15, 0.2) is 6.10 Å². The molecular formula is C15H20N2O2. The van der Waals surface area contributed by atoms with Crippen LogP contribution in [-0.4, -0.2) is 25.1 Å². The Kier molecular flexibility index (Phi) is 6.48. The van der Waals surface area contributed by atoms with E-state index < -0.39 is 6.10 Å². The molecule has 0 saturated carbocycles. The zero-order chi connectivity index (χ0) is 14.1. The molecule has 19 heavy (non-hydrogen) atoms. The summed E-state index contributed by atoms with van der Waals surface area (Å²) in [5.41, 5.74) is 1.18. The van der Waals surface area contributed by atoms with Gasteiger partial charge in [0.05, 0.1) is 6.54 Å². The summed E-state index contributed by atoms with van der Waals surface area (Å²) in [6, 6.07) is 7.67. The van der Waals surface area contributed by atoms with Gasteiger partial charge in [-0.15, -0.1) is 6.42 Å². The van der Waals surface area contributed by atoms with Crippen molar-refractivity contribution in [2.45, 2.75) is 26.5 Å². The normalized spacial score (nSPS) is 11.4. The van der Waals surface area contributed by atoms with Gasteiger partial charge in [0.25, 0.3) is 5.91 Å². The van der Waals surface area contributed by atoms with Gasteiger partial charge in [0.2, 0.25) is 0 Å². The molecule has 1 amide bonds. The van der Waals surface area contributed by atoms with Gasteiger partial charge in [0, 0.05) is 6.54 Å². The summed E-state index contributed by atoms with van der Waals surface area (Å²) in [7, 11) is 0. The van der Waals surface area contributed by atoms with Crippen molar-refractivity contribution < 1.29 is 9.53 Å². The van der Waals surface area contributed by atoms with Gasteiger partial charge in [-0.3, -0.25) is 4.79 Å². The maximum atomic E-state index is 11.6. The lowest BCUT2D eigenvalue weighted by atomic mass is 10.2. The maximum Gasteiger partial charge on any atom is 0.261 e. The topological polar surface area (TPSA) is 50.4 Å². The SMILES string of the molecule is C#CCNC(=O)C(C)Oc1ccc(CNCC)cc1. The Morgan fingerprint density at radius 1 is 1.42 bits per heavy atom. The number of carbonyl (C=O) groups is 1. The van der Waals surface area contributed by atoms with Gasteiger partial charge < -0.3 is 15.4 Å². The second-order valence-corrected chi connectivity index (χ2v) is 4.11. The molecule has 0 aliphatic rings. The molecule has 102 valence electrons. The molecule has 1 rings (SSSR count). The van der Waals surface area contributed by atoms with Crippen LogP contribution in [0.1, 0.15) is 19.4 Å². The molecule has 0 aliphatic carbocycles. The lowest BCUT2D eigenvalue weighted by molar-refractivity contribution is -0.126. The minimum atomic E-state index is -0.562. The number of rotatable bonds is 7. The minimum absolute atomic E-state index is 0.213. The first-order chi connectivity index (χ1) is 9.17. The molecule has 1 atom stereocenters. The molecule has 0 spiro atoms. The van der Waals surface area contributed by atoms with E-state index in [-0.39, 0.29) is 12.5 Å². The monoisotopic (exact) mass is 260 g/mol. The third-order valence-electron chi connectivity index (χ3n) is 2.55. The van der Waals surface area contributed by atoms with Crippen LogP contribution in [0.25, 0.3) is 0 Å². The summed E-state index contributed by atoms with van der Waals surface area (Å²) in [4.78, 5) is 11.6. The van der Waals surface area contributed by atoms with Crippen molar-refractivity contribution in [2.75, 3.05) is 13.1 Å². The highest BCUT2D eigenvalue weighted by Gasteiger charge is 2.13. The Hall–Kier alpha value is -1.99. The molecule has 0 heterocycles. The van der Waals surface area contributed by atoms with Crippen LogP contribution in [0.5, 0.6) is 5.75 Å². The van der Waals surface area contributed by atoms with Crippen molar-refractivity contribution in [1.82, 2.24) is 10.6 Å². The highest BCUT2D eigenvalue weighted by Crippen LogP contribution is 2.13. The fraction of sp³-hybridized carbons (Fsp3) is 0.400. The zero-order valence-electron chi connectivity index (χ0n) is 11.4. The van der Waals surface area contributed by atoms with E-state index in [2.05, 4.69) is 23.5 Å². The number of nitrogens with one attached hydrogen (secondary N) is 2. The van der Waals surface area contributed by atoms with Gasteiger partial charge in [-0.05, 0) is 31.2 Å². The predicted molar refractivity (Wildman–Crippen MR) is 75.8 cm³/mol. The van der Waals surface area contributed by atoms with Gasteiger partial charge in [-0.25, -0.2) is 0 Å². The molecule has 2 N–H and O–H groups in total. The highest BCUT2D eigenvalue weighted by molar-refractivity contribution is 5.80. The molecular weight excluding hydrogens is 240 g/mol. The first kappa shape index (κ1) is 15.1. The average Bonchev–Trinajstić information content (AvgIpc) is 2.43. The van der Waals surface area contributed by atoms with E-state index in [4.69, 9.17) is 11.2 Å². The fourth-order valence-electron chi connectivity index (χ4n) is 1.49. The molecule has 1 unspecified atom stereocenters. The van der Waals surface area contributed by atoms with Crippen LogP contribution in [0.15, 0.2) is 24.3 Å². The van der Waals surface area contributed by atoms with Crippen LogP contribution in [0.2, 0.25) is 0 Å². The zero-order valence-corrected chi connectivity index (χ0v) is 11.4. The first-order valence-corrected chi connectivity index (χ1v) is 6.34. The number of amides is 1. The second-order valence-electron chi connectivity index (χ2n) is 4.11. The van der Waals surface area contributed by atoms with Gasteiger partial charge in [-0.1, -0.05) is 25.0 Å². The number of terminal acetylenes is 1. The van der Waals surface area contributed by atoms with E-state index in [1.807, 2.05) is 24.3 Å². The van der Waals surface area contributed by atoms with Crippen molar-refractivity contribution in [3.63, 3.8) is 0 Å². The molecule has 4 nitrogen and oxygen atoms in total. The third kappa shape index (κ3) is 5.45. The van der Waals surface area contributed by atoms with Crippen LogP contribution in [0.3, 0.4) is 0 Å². The largest absolute Gasteiger partial charge is 0.481 e. The quantitative estimate of drug-likeness (QED) is 0.727. The minimum Gasteiger partial charge on any atom is -0.481 e. The molecule has 0 bridgehead atoms. The predicted octanol–water partition coefficient (Wildman–Crippen LogP) is 1.31. The average molecular weight is 260 g/mol. The van der Waals surface area contributed by atoms with Crippen LogP contribution < -0.4 is 15.4 Å². The second kappa shape index (κ2) is 8.17. The first-order valence-electron chi connectivity index (χ1n) is 6.34. The van der Waals surface area contributed by atoms with E-state index in [0.29, 0.717) is 5.75 Å². The number of carbonyl (C=O) groups excluding carboxylic acids is 1. The Labute approximate surface area is 114 Å². The molecule has 0 aromatic heterocycles. The Bertz CT molecular complexity index is 434. The Morgan fingerprint density at radius 2 is 2.11 bits per heavy atom. The summed E-state index contributed by atoms with van der Waals surface area (Å²) in [6.07, 6.45) is 4.51. The molecule has 0 saturated heterocycles. The number of benzene rings is 1. The van der Waals surface area contributed by atoms with Crippen molar-refractivity contribution in [3.05, 3.63) is 29.8 Å². The van der Waals surface area contributed by atoms with Crippen molar-refractivity contribution >= 4 is 5.91 Å². The van der Waals surface area contributed by atoms with E-state index in [9.17, 15) is 4.79 Å². The van der Waals surface area contributed by atoms with Gasteiger partial charge >= 0.3 is 0 Å². The third-order valence-corrected chi connectivity index (χ3v) is 2.55. The Balaban J connectivity index is 2.48. The molecule has 0 aliphatic heterocycles. The van der Waals surface area contributed by atoms with E-state index in [1.54, 1.807) is 6.92 Å².